The molecule has 20 heavy (non-hydrogen) atoms. The van der Waals surface area contributed by atoms with Gasteiger partial charge in [0.15, 0.2) is 0 Å². The highest BCUT2D eigenvalue weighted by atomic mass is 35.5. The molecule has 0 radical (unpaired) electrons. The number of hydrogen-bond acceptors (Lipinski definition) is 3. The van der Waals surface area contributed by atoms with E-state index in [1.54, 1.807) is 10.4 Å². The van der Waals surface area contributed by atoms with Gasteiger partial charge in [-0.15, -0.1) is 22.7 Å². The van der Waals surface area contributed by atoms with Crippen LogP contribution in [0.3, 0.4) is 0 Å². The third-order valence-corrected chi connectivity index (χ3v) is 6.65. The minimum Gasteiger partial charge on any atom is -0.309 e. The molecule has 0 bridgehead atoms. The monoisotopic (exact) mass is 345 g/mol. The van der Waals surface area contributed by atoms with Crippen LogP contribution in [0.5, 0.6) is 0 Å². The summed E-state index contributed by atoms with van der Waals surface area (Å²) in [7, 11) is 1.98. The summed E-state index contributed by atoms with van der Waals surface area (Å²) in [4.78, 5) is 2.92. The predicted molar refractivity (Wildman–Crippen MR) is 90.8 cm³/mol. The molecule has 0 saturated carbocycles. The van der Waals surface area contributed by atoms with Crippen molar-refractivity contribution < 1.29 is 0 Å². The Kier molecular flexibility index (Phi) is 4.73. The second-order valence-corrected chi connectivity index (χ2v) is 8.61. The zero-order valence-electron chi connectivity index (χ0n) is 11.3. The smallest absolute Gasteiger partial charge is 0.0995 e. The van der Waals surface area contributed by atoms with E-state index < -0.39 is 0 Å². The van der Waals surface area contributed by atoms with Gasteiger partial charge in [0.25, 0.3) is 0 Å². The maximum atomic E-state index is 6.32. The zero-order valence-corrected chi connectivity index (χ0v) is 14.5. The highest BCUT2D eigenvalue weighted by Gasteiger charge is 2.22. The van der Waals surface area contributed by atoms with Gasteiger partial charge in [0.1, 0.15) is 0 Å². The summed E-state index contributed by atoms with van der Waals surface area (Å²) in [5.41, 5.74) is 2.64. The molecule has 1 unspecified atom stereocenters. The van der Waals surface area contributed by atoms with E-state index in [1.165, 1.54) is 48.3 Å². The molecule has 2 heterocycles. The maximum Gasteiger partial charge on any atom is 0.0995 e. The number of rotatable bonds is 3. The number of hydrogen-bond donors (Lipinski definition) is 1. The Hall–Kier alpha value is -0.0600. The average Bonchev–Trinajstić information content (AvgIpc) is 2.88. The molecular formula is C15H17Cl2NS2. The van der Waals surface area contributed by atoms with Crippen LogP contribution in [0.25, 0.3) is 0 Å². The highest BCUT2D eigenvalue weighted by molar-refractivity contribution is 7.20. The van der Waals surface area contributed by atoms with E-state index in [9.17, 15) is 0 Å². The molecule has 0 aromatic carbocycles. The molecule has 0 aliphatic heterocycles. The predicted octanol–water partition coefficient (Wildman–Crippen LogP) is 5.69. The number of halogens is 2. The van der Waals surface area contributed by atoms with Gasteiger partial charge in [0.05, 0.1) is 14.7 Å². The standard InChI is InChI=1S/C15H17Cl2NS2/c1-18-14(10-8-13(16)20-15(10)17)12-7-9-5-3-2-4-6-11(9)19-12/h7-8,14,18H,2-6H2,1H3. The van der Waals surface area contributed by atoms with Crippen molar-refractivity contribution in [3.05, 3.63) is 41.7 Å². The number of nitrogens with one attached hydrogen (secondary N) is 1. The van der Waals surface area contributed by atoms with Gasteiger partial charge in [-0.1, -0.05) is 29.6 Å². The van der Waals surface area contributed by atoms with E-state index in [2.05, 4.69) is 11.4 Å². The van der Waals surface area contributed by atoms with Gasteiger partial charge >= 0.3 is 0 Å². The van der Waals surface area contributed by atoms with E-state index in [0.717, 1.165) is 14.2 Å². The topological polar surface area (TPSA) is 12.0 Å². The summed E-state index contributed by atoms with van der Waals surface area (Å²) in [6, 6.07) is 4.51. The first-order valence-corrected chi connectivity index (χ1v) is 9.31. The lowest BCUT2D eigenvalue weighted by Crippen LogP contribution is -2.16. The number of aryl methyl sites for hydroxylation is 2. The molecular weight excluding hydrogens is 329 g/mol. The average molecular weight is 346 g/mol. The number of thiophene rings is 2. The van der Waals surface area contributed by atoms with Gasteiger partial charge in [0.2, 0.25) is 0 Å². The van der Waals surface area contributed by atoms with Crippen LogP contribution in [0.1, 0.15) is 46.2 Å². The Labute approximate surface area is 137 Å². The molecule has 2 aromatic heterocycles. The van der Waals surface area contributed by atoms with Crippen molar-refractivity contribution >= 4 is 45.9 Å². The van der Waals surface area contributed by atoms with Gasteiger partial charge in [-0.05, 0) is 50.4 Å². The fourth-order valence-corrected chi connectivity index (χ4v) is 5.75. The highest BCUT2D eigenvalue weighted by Crippen LogP contribution is 2.40. The van der Waals surface area contributed by atoms with E-state index >= 15 is 0 Å². The molecule has 1 atom stereocenters. The van der Waals surface area contributed by atoms with Gasteiger partial charge in [0, 0.05) is 15.3 Å². The van der Waals surface area contributed by atoms with E-state index in [-0.39, 0.29) is 6.04 Å². The fraction of sp³-hybridized carbons (Fsp3) is 0.467. The first-order chi connectivity index (χ1) is 9.69. The molecule has 3 rings (SSSR count). The lowest BCUT2D eigenvalue weighted by atomic mass is 10.1. The molecule has 1 N–H and O–H groups in total. The lowest BCUT2D eigenvalue weighted by molar-refractivity contribution is 0.700. The largest absolute Gasteiger partial charge is 0.309 e. The van der Waals surface area contributed by atoms with Crippen LogP contribution in [0.15, 0.2) is 12.1 Å². The van der Waals surface area contributed by atoms with Crippen molar-refractivity contribution in [3.8, 4) is 0 Å². The maximum absolute atomic E-state index is 6.32. The number of fused-ring (bicyclic) bond motifs is 1. The van der Waals surface area contributed by atoms with Crippen LogP contribution in [0, 0.1) is 0 Å². The summed E-state index contributed by atoms with van der Waals surface area (Å²) in [5, 5.41) is 3.39. The lowest BCUT2D eigenvalue weighted by Gasteiger charge is -2.13. The Morgan fingerprint density at radius 3 is 2.60 bits per heavy atom. The van der Waals surface area contributed by atoms with Crippen LogP contribution in [0.2, 0.25) is 8.67 Å². The molecule has 2 aromatic rings. The van der Waals surface area contributed by atoms with E-state index in [4.69, 9.17) is 23.2 Å². The molecule has 0 amide bonds. The van der Waals surface area contributed by atoms with Crippen molar-refractivity contribution in [3.63, 3.8) is 0 Å². The summed E-state index contributed by atoms with van der Waals surface area (Å²) in [5.74, 6) is 0. The fourth-order valence-electron chi connectivity index (χ4n) is 2.83. The van der Waals surface area contributed by atoms with Gasteiger partial charge in [-0.3, -0.25) is 0 Å². The third-order valence-electron chi connectivity index (χ3n) is 3.83. The normalized spacial score (nSPS) is 16.8. The Bertz CT molecular complexity index is 580. The summed E-state index contributed by atoms with van der Waals surface area (Å²) >= 11 is 15.8. The zero-order chi connectivity index (χ0) is 14.1. The molecule has 0 spiro atoms. The van der Waals surface area contributed by atoms with Crippen LogP contribution < -0.4 is 5.32 Å². The third kappa shape index (κ3) is 2.93. The second-order valence-electron chi connectivity index (χ2n) is 5.16. The van der Waals surface area contributed by atoms with E-state index in [0.29, 0.717) is 0 Å². The summed E-state index contributed by atoms with van der Waals surface area (Å²) < 4.78 is 1.54. The summed E-state index contributed by atoms with van der Waals surface area (Å²) in [6.45, 7) is 0. The van der Waals surface area contributed by atoms with Crippen LogP contribution >= 0.6 is 45.9 Å². The first kappa shape index (κ1) is 14.9. The van der Waals surface area contributed by atoms with Crippen molar-refractivity contribution in [2.24, 2.45) is 0 Å². The minimum atomic E-state index is 0.156. The molecule has 5 heteroatoms. The SMILES string of the molecule is CNC(c1cc2c(s1)CCCCC2)c1cc(Cl)sc1Cl. The Balaban J connectivity index is 1.95. The van der Waals surface area contributed by atoms with Gasteiger partial charge < -0.3 is 5.32 Å². The Morgan fingerprint density at radius 2 is 1.90 bits per heavy atom. The van der Waals surface area contributed by atoms with Crippen molar-refractivity contribution in [2.75, 3.05) is 7.05 Å². The van der Waals surface area contributed by atoms with Crippen molar-refractivity contribution in [2.45, 2.75) is 38.1 Å². The molecule has 0 saturated heterocycles. The van der Waals surface area contributed by atoms with Crippen LogP contribution in [-0.4, -0.2) is 7.05 Å². The van der Waals surface area contributed by atoms with Crippen molar-refractivity contribution in [1.29, 1.82) is 0 Å². The summed E-state index contributed by atoms with van der Waals surface area (Å²) in [6.07, 6.45) is 6.45. The minimum absolute atomic E-state index is 0.156. The first-order valence-electron chi connectivity index (χ1n) is 6.92. The second kappa shape index (κ2) is 6.37. The molecule has 1 aliphatic carbocycles. The molecule has 1 aliphatic rings. The van der Waals surface area contributed by atoms with Gasteiger partial charge in [-0.2, -0.15) is 0 Å². The van der Waals surface area contributed by atoms with Crippen LogP contribution in [0.4, 0.5) is 0 Å². The van der Waals surface area contributed by atoms with Crippen molar-refractivity contribution in [1.82, 2.24) is 5.32 Å². The van der Waals surface area contributed by atoms with E-state index in [1.807, 2.05) is 24.5 Å². The quantitative estimate of drug-likeness (QED) is 0.704. The van der Waals surface area contributed by atoms with Gasteiger partial charge in [-0.25, -0.2) is 0 Å². The molecule has 1 nitrogen and oxygen atoms in total. The van der Waals surface area contributed by atoms with Crippen LogP contribution in [-0.2, 0) is 12.8 Å². The Morgan fingerprint density at radius 1 is 1.10 bits per heavy atom. The molecule has 0 fully saturated rings. The molecule has 108 valence electrons.